The van der Waals surface area contributed by atoms with Crippen LogP contribution in [0.25, 0.3) is 5.76 Å². The van der Waals surface area contributed by atoms with Crippen LogP contribution in [0.1, 0.15) is 16.2 Å². The SMILES string of the molecule is O=C(Nc1nnc(C2=COCCO2)o1)c1ccc2c(c1)OCCO2. The van der Waals surface area contributed by atoms with E-state index in [1.807, 2.05) is 0 Å². The van der Waals surface area contributed by atoms with Gasteiger partial charge in [-0.1, -0.05) is 5.10 Å². The molecular formula is C15H13N3O6. The topological polar surface area (TPSA) is 105 Å². The van der Waals surface area contributed by atoms with Gasteiger partial charge < -0.3 is 23.4 Å². The molecule has 4 rings (SSSR count). The lowest BCUT2D eigenvalue weighted by molar-refractivity contribution is 0.102. The molecule has 1 N–H and O–H groups in total. The zero-order valence-electron chi connectivity index (χ0n) is 12.5. The molecule has 124 valence electrons. The molecule has 1 aromatic carbocycles. The highest BCUT2D eigenvalue weighted by molar-refractivity contribution is 6.03. The fourth-order valence-corrected chi connectivity index (χ4v) is 2.21. The van der Waals surface area contributed by atoms with E-state index in [4.69, 9.17) is 23.4 Å². The van der Waals surface area contributed by atoms with Gasteiger partial charge in [-0.2, -0.15) is 0 Å². The molecule has 0 saturated heterocycles. The molecule has 2 aliphatic heterocycles. The number of amides is 1. The van der Waals surface area contributed by atoms with Gasteiger partial charge in [0, 0.05) is 5.56 Å². The van der Waals surface area contributed by atoms with Crippen LogP contribution in [0, 0.1) is 0 Å². The molecule has 0 bridgehead atoms. The highest BCUT2D eigenvalue weighted by atomic mass is 16.6. The average molecular weight is 331 g/mol. The largest absolute Gasteiger partial charge is 0.494 e. The zero-order chi connectivity index (χ0) is 16.4. The number of ether oxygens (including phenoxy) is 4. The number of rotatable bonds is 3. The van der Waals surface area contributed by atoms with Crippen molar-refractivity contribution >= 4 is 17.7 Å². The number of hydrogen-bond donors (Lipinski definition) is 1. The third-order valence-corrected chi connectivity index (χ3v) is 3.31. The van der Waals surface area contributed by atoms with Crippen molar-refractivity contribution in [3.8, 4) is 11.5 Å². The van der Waals surface area contributed by atoms with Gasteiger partial charge in [-0.15, -0.1) is 5.10 Å². The van der Waals surface area contributed by atoms with E-state index in [1.165, 1.54) is 6.26 Å². The summed E-state index contributed by atoms with van der Waals surface area (Å²) in [5.74, 6) is 1.19. The van der Waals surface area contributed by atoms with Crippen LogP contribution in [0.5, 0.6) is 11.5 Å². The van der Waals surface area contributed by atoms with Gasteiger partial charge in [0.25, 0.3) is 11.8 Å². The second kappa shape index (κ2) is 6.11. The number of benzene rings is 1. The summed E-state index contributed by atoms with van der Waals surface area (Å²) in [5, 5.41) is 10.1. The predicted molar refractivity (Wildman–Crippen MR) is 79.6 cm³/mol. The molecule has 9 nitrogen and oxygen atoms in total. The minimum absolute atomic E-state index is 0.0417. The zero-order valence-corrected chi connectivity index (χ0v) is 12.5. The van der Waals surface area contributed by atoms with E-state index < -0.39 is 5.91 Å². The predicted octanol–water partition coefficient (Wildman–Crippen LogP) is 1.44. The van der Waals surface area contributed by atoms with Gasteiger partial charge in [0.1, 0.15) is 32.7 Å². The third kappa shape index (κ3) is 2.83. The maximum atomic E-state index is 12.3. The van der Waals surface area contributed by atoms with Crippen molar-refractivity contribution in [2.45, 2.75) is 0 Å². The van der Waals surface area contributed by atoms with Crippen LogP contribution in [-0.4, -0.2) is 42.5 Å². The molecule has 2 aliphatic rings. The van der Waals surface area contributed by atoms with E-state index in [2.05, 4.69) is 15.5 Å². The van der Waals surface area contributed by atoms with Crippen molar-refractivity contribution in [1.82, 2.24) is 10.2 Å². The molecule has 1 aromatic heterocycles. The maximum absolute atomic E-state index is 12.3. The number of carbonyl (C=O) groups is 1. The number of fused-ring (bicyclic) bond motifs is 1. The number of hydrogen-bond acceptors (Lipinski definition) is 8. The molecule has 0 aliphatic carbocycles. The van der Waals surface area contributed by atoms with Crippen LogP contribution in [0.4, 0.5) is 6.01 Å². The van der Waals surface area contributed by atoms with E-state index in [-0.39, 0.29) is 11.9 Å². The first kappa shape index (κ1) is 14.4. The minimum atomic E-state index is -0.406. The van der Waals surface area contributed by atoms with Crippen LogP contribution in [-0.2, 0) is 9.47 Å². The Morgan fingerprint density at radius 1 is 1.00 bits per heavy atom. The van der Waals surface area contributed by atoms with Gasteiger partial charge in [0.05, 0.1) is 0 Å². The number of nitrogens with zero attached hydrogens (tertiary/aromatic N) is 2. The normalized spacial score (nSPS) is 15.8. The Balaban J connectivity index is 1.48. The van der Waals surface area contributed by atoms with E-state index in [0.717, 1.165) is 0 Å². The van der Waals surface area contributed by atoms with Gasteiger partial charge in [0.2, 0.25) is 5.76 Å². The van der Waals surface area contributed by atoms with Crippen LogP contribution < -0.4 is 14.8 Å². The molecule has 0 atom stereocenters. The summed E-state index contributed by atoms with van der Waals surface area (Å²) in [6.45, 7) is 1.80. The van der Waals surface area contributed by atoms with E-state index in [0.29, 0.717) is 49.2 Å². The molecule has 0 unspecified atom stereocenters. The Hall–Kier alpha value is -3.23. The summed E-state index contributed by atoms with van der Waals surface area (Å²) in [5.41, 5.74) is 0.385. The molecule has 0 fully saturated rings. The molecule has 1 amide bonds. The first-order chi connectivity index (χ1) is 11.8. The molecule has 0 radical (unpaired) electrons. The van der Waals surface area contributed by atoms with Gasteiger partial charge >= 0.3 is 6.01 Å². The Kier molecular flexibility index (Phi) is 3.66. The Labute approximate surface area is 136 Å². The van der Waals surface area contributed by atoms with Crippen LogP contribution >= 0.6 is 0 Å². The summed E-state index contributed by atoms with van der Waals surface area (Å²) in [4.78, 5) is 12.3. The third-order valence-electron chi connectivity index (χ3n) is 3.31. The van der Waals surface area contributed by atoms with Crippen LogP contribution in [0.15, 0.2) is 28.9 Å². The lowest BCUT2D eigenvalue weighted by atomic mass is 10.2. The van der Waals surface area contributed by atoms with Gasteiger partial charge in [-0.25, -0.2) is 0 Å². The first-order valence-electron chi connectivity index (χ1n) is 7.29. The van der Waals surface area contributed by atoms with Crippen molar-refractivity contribution in [1.29, 1.82) is 0 Å². The van der Waals surface area contributed by atoms with E-state index in [1.54, 1.807) is 18.2 Å². The van der Waals surface area contributed by atoms with E-state index in [9.17, 15) is 4.79 Å². The monoisotopic (exact) mass is 331 g/mol. The fourth-order valence-electron chi connectivity index (χ4n) is 2.21. The number of carbonyl (C=O) groups excluding carboxylic acids is 1. The molecule has 9 heteroatoms. The quantitative estimate of drug-likeness (QED) is 0.901. The molecule has 3 heterocycles. The van der Waals surface area contributed by atoms with Crippen molar-refractivity contribution in [2.24, 2.45) is 0 Å². The van der Waals surface area contributed by atoms with Crippen molar-refractivity contribution in [3.05, 3.63) is 35.9 Å². The summed E-state index contributed by atoms with van der Waals surface area (Å²) in [7, 11) is 0. The minimum Gasteiger partial charge on any atom is -0.494 e. The van der Waals surface area contributed by atoms with Crippen LogP contribution in [0.2, 0.25) is 0 Å². The second-order valence-electron chi connectivity index (χ2n) is 4.93. The van der Waals surface area contributed by atoms with E-state index >= 15 is 0 Å². The number of aromatic nitrogens is 2. The summed E-state index contributed by atoms with van der Waals surface area (Å²) in [6, 6.07) is 4.86. The smallest absolute Gasteiger partial charge is 0.322 e. The van der Waals surface area contributed by atoms with Crippen molar-refractivity contribution in [2.75, 3.05) is 31.7 Å². The first-order valence-corrected chi connectivity index (χ1v) is 7.29. The highest BCUT2D eigenvalue weighted by Crippen LogP contribution is 2.31. The molecular weight excluding hydrogens is 318 g/mol. The molecule has 0 spiro atoms. The number of anilines is 1. The van der Waals surface area contributed by atoms with Gasteiger partial charge in [0.15, 0.2) is 11.5 Å². The summed E-state index contributed by atoms with van der Waals surface area (Å²) >= 11 is 0. The fraction of sp³-hybridized carbons (Fsp3) is 0.267. The van der Waals surface area contributed by atoms with Gasteiger partial charge in [-0.3, -0.25) is 10.1 Å². The molecule has 2 aromatic rings. The Morgan fingerprint density at radius 3 is 2.67 bits per heavy atom. The maximum Gasteiger partial charge on any atom is 0.322 e. The summed E-state index contributed by atoms with van der Waals surface area (Å²) < 4.78 is 26.7. The second-order valence-corrected chi connectivity index (χ2v) is 4.93. The van der Waals surface area contributed by atoms with Gasteiger partial charge in [-0.05, 0) is 18.2 Å². The summed E-state index contributed by atoms with van der Waals surface area (Å²) in [6.07, 6.45) is 1.39. The highest BCUT2D eigenvalue weighted by Gasteiger charge is 2.19. The lowest BCUT2D eigenvalue weighted by Gasteiger charge is -2.18. The van der Waals surface area contributed by atoms with Crippen molar-refractivity contribution < 1.29 is 28.2 Å². The molecule has 0 saturated carbocycles. The lowest BCUT2D eigenvalue weighted by Crippen LogP contribution is -2.17. The molecule has 24 heavy (non-hydrogen) atoms. The standard InChI is InChI=1S/C15H13N3O6/c19-13(9-1-2-10-11(7-9)22-6-5-21-10)16-15-18-17-14(24-15)12-8-20-3-4-23-12/h1-2,7-8H,3-6H2,(H,16,18,19). The van der Waals surface area contributed by atoms with Crippen molar-refractivity contribution in [3.63, 3.8) is 0 Å². The Morgan fingerprint density at radius 2 is 1.83 bits per heavy atom. The average Bonchev–Trinajstić information content (AvgIpc) is 3.10. The Bertz CT molecular complexity index is 800. The number of nitrogens with one attached hydrogen (secondary N) is 1. The van der Waals surface area contributed by atoms with Crippen LogP contribution in [0.3, 0.4) is 0 Å².